The van der Waals surface area contributed by atoms with E-state index in [0.29, 0.717) is 45.8 Å². The second-order valence-electron chi connectivity index (χ2n) is 6.07. The van der Waals surface area contributed by atoms with E-state index >= 15 is 0 Å². The average molecular weight is 335 g/mol. The third kappa shape index (κ3) is 3.84. The number of amides is 3. The number of halogens is 1. The molecule has 1 aromatic carbocycles. The van der Waals surface area contributed by atoms with Gasteiger partial charge in [0.05, 0.1) is 13.2 Å². The zero-order valence-corrected chi connectivity index (χ0v) is 13.5. The number of carbonyl (C=O) groups is 2. The molecule has 7 heteroatoms. The highest BCUT2D eigenvalue weighted by molar-refractivity contribution is 5.87. The van der Waals surface area contributed by atoms with Gasteiger partial charge in [0.15, 0.2) is 0 Å². The number of benzene rings is 1. The van der Waals surface area contributed by atoms with Gasteiger partial charge in [-0.05, 0) is 30.5 Å². The van der Waals surface area contributed by atoms with Crippen molar-refractivity contribution in [2.45, 2.75) is 25.4 Å². The molecule has 2 aliphatic heterocycles. The highest BCUT2D eigenvalue weighted by Gasteiger charge is 2.36. The number of nitrogens with one attached hydrogen (secondary N) is 1. The molecule has 2 saturated heterocycles. The molecular formula is C17H22FN3O3. The van der Waals surface area contributed by atoms with E-state index in [-0.39, 0.29) is 17.8 Å². The molecule has 1 aromatic rings. The minimum absolute atomic E-state index is 0.00716. The number of ether oxygens (including phenoxy) is 1. The van der Waals surface area contributed by atoms with Crippen molar-refractivity contribution in [3.05, 3.63) is 35.6 Å². The molecule has 2 aliphatic rings. The van der Waals surface area contributed by atoms with Gasteiger partial charge in [0.1, 0.15) is 11.9 Å². The maximum absolute atomic E-state index is 12.9. The third-order valence-corrected chi connectivity index (χ3v) is 4.48. The SMILES string of the molecule is O=C([C@@H]1CCCN1C(=O)NCc1ccc(F)cc1)N1CCOCC1. The summed E-state index contributed by atoms with van der Waals surface area (Å²) in [6, 6.07) is 5.36. The minimum atomic E-state index is -0.392. The van der Waals surface area contributed by atoms with E-state index in [1.807, 2.05) is 0 Å². The number of urea groups is 1. The van der Waals surface area contributed by atoms with E-state index in [2.05, 4.69) is 5.32 Å². The van der Waals surface area contributed by atoms with Crippen LogP contribution in [0.5, 0.6) is 0 Å². The zero-order chi connectivity index (χ0) is 16.9. The van der Waals surface area contributed by atoms with Gasteiger partial charge in [0.25, 0.3) is 0 Å². The maximum Gasteiger partial charge on any atom is 0.318 e. The van der Waals surface area contributed by atoms with Gasteiger partial charge in [-0.15, -0.1) is 0 Å². The lowest BCUT2D eigenvalue weighted by Crippen LogP contribution is -2.52. The number of morpholine rings is 1. The summed E-state index contributed by atoms with van der Waals surface area (Å²) in [6.07, 6.45) is 1.52. The molecule has 6 nitrogen and oxygen atoms in total. The Balaban J connectivity index is 1.56. The van der Waals surface area contributed by atoms with Crippen LogP contribution >= 0.6 is 0 Å². The van der Waals surface area contributed by atoms with Gasteiger partial charge >= 0.3 is 6.03 Å². The quantitative estimate of drug-likeness (QED) is 0.907. The van der Waals surface area contributed by atoms with Crippen molar-refractivity contribution >= 4 is 11.9 Å². The standard InChI is InChI=1S/C17H22FN3O3/c18-14-5-3-13(4-6-14)12-19-17(23)21-7-1-2-15(21)16(22)20-8-10-24-11-9-20/h3-6,15H,1-2,7-12H2,(H,19,23)/t15-/m0/s1. The summed E-state index contributed by atoms with van der Waals surface area (Å²) in [7, 11) is 0. The summed E-state index contributed by atoms with van der Waals surface area (Å²) in [5.74, 6) is -0.298. The molecule has 0 spiro atoms. The van der Waals surface area contributed by atoms with Crippen LogP contribution in [0.3, 0.4) is 0 Å². The fourth-order valence-electron chi connectivity index (χ4n) is 3.14. The average Bonchev–Trinajstić information content (AvgIpc) is 3.11. The van der Waals surface area contributed by atoms with Crippen LogP contribution in [0.15, 0.2) is 24.3 Å². The Labute approximate surface area is 140 Å². The lowest BCUT2D eigenvalue weighted by Gasteiger charge is -2.32. The Morgan fingerprint density at radius 2 is 1.88 bits per heavy atom. The van der Waals surface area contributed by atoms with Crippen LogP contribution in [-0.2, 0) is 16.1 Å². The molecule has 0 bridgehead atoms. The molecular weight excluding hydrogens is 313 g/mol. The Hall–Kier alpha value is -2.15. The van der Waals surface area contributed by atoms with Crippen LogP contribution < -0.4 is 5.32 Å². The predicted octanol–water partition coefficient (Wildman–Crippen LogP) is 1.36. The van der Waals surface area contributed by atoms with Crippen molar-refractivity contribution in [3.63, 3.8) is 0 Å². The van der Waals surface area contributed by atoms with Crippen LogP contribution in [0.2, 0.25) is 0 Å². The van der Waals surface area contributed by atoms with E-state index in [0.717, 1.165) is 12.0 Å². The normalized spacial score (nSPS) is 21.0. The van der Waals surface area contributed by atoms with E-state index in [1.165, 1.54) is 12.1 Å². The number of hydrogen-bond acceptors (Lipinski definition) is 3. The summed E-state index contributed by atoms with van der Waals surface area (Å²) in [6.45, 7) is 3.16. The maximum atomic E-state index is 12.9. The molecule has 130 valence electrons. The van der Waals surface area contributed by atoms with Gasteiger partial charge < -0.3 is 19.9 Å². The van der Waals surface area contributed by atoms with E-state index < -0.39 is 6.04 Å². The van der Waals surface area contributed by atoms with E-state index in [4.69, 9.17) is 4.74 Å². The first-order chi connectivity index (χ1) is 11.6. The molecule has 0 aromatic heterocycles. The molecule has 24 heavy (non-hydrogen) atoms. The zero-order valence-electron chi connectivity index (χ0n) is 13.5. The summed E-state index contributed by atoms with van der Waals surface area (Å²) in [5, 5.41) is 2.82. The molecule has 3 amide bonds. The largest absolute Gasteiger partial charge is 0.378 e. The second kappa shape index (κ2) is 7.61. The molecule has 1 atom stereocenters. The molecule has 2 heterocycles. The van der Waals surface area contributed by atoms with Gasteiger partial charge in [0.2, 0.25) is 5.91 Å². The molecule has 1 N–H and O–H groups in total. The third-order valence-electron chi connectivity index (χ3n) is 4.48. The van der Waals surface area contributed by atoms with Crippen molar-refractivity contribution < 1.29 is 18.7 Å². The van der Waals surface area contributed by atoms with Gasteiger partial charge in [-0.25, -0.2) is 9.18 Å². The first-order valence-corrected chi connectivity index (χ1v) is 8.30. The first-order valence-electron chi connectivity index (χ1n) is 8.30. The molecule has 0 unspecified atom stereocenters. The fraction of sp³-hybridized carbons (Fsp3) is 0.529. The van der Waals surface area contributed by atoms with Crippen molar-refractivity contribution in [2.75, 3.05) is 32.8 Å². The lowest BCUT2D eigenvalue weighted by atomic mass is 10.2. The van der Waals surface area contributed by atoms with Crippen LogP contribution in [0.1, 0.15) is 18.4 Å². The monoisotopic (exact) mass is 335 g/mol. The Morgan fingerprint density at radius 3 is 2.58 bits per heavy atom. The smallest absolute Gasteiger partial charge is 0.318 e. The summed E-state index contributed by atoms with van der Waals surface area (Å²) < 4.78 is 18.2. The molecule has 0 radical (unpaired) electrons. The molecule has 2 fully saturated rings. The second-order valence-corrected chi connectivity index (χ2v) is 6.07. The van der Waals surface area contributed by atoms with Crippen molar-refractivity contribution in [1.29, 1.82) is 0 Å². The minimum Gasteiger partial charge on any atom is -0.378 e. The number of likely N-dealkylation sites (tertiary alicyclic amines) is 1. The van der Waals surface area contributed by atoms with Gasteiger partial charge in [-0.3, -0.25) is 4.79 Å². The van der Waals surface area contributed by atoms with E-state index in [9.17, 15) is 14.0 Å². The van der Waals surface area contributed by atoms with Gasteiger partial charge in [0, 0.05) is 26.2 Å². The van der Waals surface area contributed by atoms with Gasteiger partial charge in [-0.2, -0.15) is 0 Å². The van der Waals surface area contributed by atoms with Crippen molar-refractivity contribution in [2.24, 2.45) is 0 Å². The lowest BCUT2D eigenvalue weighted by molar-refractivity contribution is -0.139. The van der Waals surface area contributed by atoms with Crippen LogP contribution in [0.25, 0.3) is 0 Å². The number of rotatable bonds is 3. The topological polar surface area (TPSA) is 61.9 Å². The van der Waals surface area contributed by atoms with Crippen LogP contribution in [0.4, 0.5) is 9.18 Å². The fourth-order valence-corrected chi connectivity index (χ4v) is 3.14. The Bertz CT molecular complexity index is 587. The van der Waals surface area contributed by atoms with Crippen molar-refractivity contribution in [1.82, 2.24) is 15.1 Å². The van der Waals surface area contributed by atoms with E-state index in [1.54, 1.807) is 21.9 Å². The van der Waals surface area contributed by atoms with Gasteiger partial charge in [-0.1, -0.05) is 12.1 Å². The number of nitrogens with zero attached hydrogens (tertiary/aromatic N) is 2. The molecule has 0 aliphatic carbocycles. The predicted molar refractivity (Wildman–Crippen MR) is 85.8 cm³/mol. The Kier molecular flexibility index (Phi) is 5.30. The van der Waals surface area contributed by atoms with Crippen LogP contribution in [-0.4, -0.2) is 60.6 Å². The molecule has 3 rings (SSSR count). The first kappa shape index (κ1) is 16.7. The Morgan fingerprint density at radius 1 is 1.17 bits per heavy atom. The van der Waals surface area contributed by atoms with Crippen LogP contribution in [0, 0.1) is 5.82 Å². The summed E-state index contributed by atoms with van der Waals surface area (Å²) in [4.78, 5) is 28.5. The highest BCUT2D eigenvalue weighted by atomic mass is 19.1. The summed E-state index contributed by atoms with van der Waals surface area (Å²) in [5.41, 5.74) is 0.819. The van der Waals surface area contributed by atoms with Crippen molar-refractivity contribution in [3.8, 4) is 0 Å². The number of hydrogen-bond donors (Lipinski definition) is 1. The molecule has 0 saturated carbocycles. The summed E-state index contributed by atoms with van der Waals surface area (Å²) >= 11 is 0. The highest BCUT2D eigenvalue weighted by Crippen LogP contribution is 2.20. The number of carbonyl (C=O) groups excluding carboxylic acids is 2.